The Morgan fingerprint density at radius 3 is 2.52 bits per heavy atom. The van der Waals surface area contributed by atoms with Crippen LogP contribution < -0.4 is 10.0 Å². The molecule has 0 unspecified atom stereocenters. The molecule has 0 bridgehead atoms. The lowest BCUT2D eigenvalue weighted by molar-refractivity contribution is 0.102. The molecule has 0 fully saturated rings. The van der Waals surface area contributed by atoms with E-state index in [-0.39, 0.29) is 16.5 Å². The predicted molar refractivity (Wildman–Crippen MR) is 120 cm³/mol. The van der Waals surface area contributed by atoms with Gasteiger partial charge in [0.1, 0.15) is 5.82 Å². The topological polar surface area (TPSA) is 88.2 Å². The molecule has 3 aromatic rings. The average Bonchev–Trinajstić information content (AvgIpc) is 2.73. The van der Waals surface area contributed by atoms with Crippen LogP contribution in [0.3, 0.4) is 0 Å². The van der Waals surface area contributed by atoms with Crippen LogP contribution in [0.4, 0.5) is 10.1 Å². The SMILES string of the molecule is CC(C)NS(=O)(=O)c1ccc(F)c(C(=O)Nc2ccc(SCc3cccnc3)cc2)c1. The Morgan fingerprint density at radius 2 is 1.87 bits per heavy atom. The molecule has 0 aliphatic heterocycles. The molecule has 2 aromatic carbocycles. The van der Waals surface area contributed by atoms with Gasteiger partial charge in [-0.05, 0) is 67.9 Å². The second-order valence-corrected chi connectivity index (χ2v) is 9.81. The van der Waals surface area contributed by atoms with Gasteiger partial charge in [0.2, 0.25) is 10.0 Å². The van der Waals surface area contributed by atoms with Gasteiger partial charge in [-0.25, -0.2) is 17.5 Å². The fraction of sp³-hybridized carbons (Fsp3) is 0.182. The standard InChI is InChI=1S/C22H22FN3O3S2/c1-15(2)26-31(28,29)19-9-10-21(23)20(12-19)22(27)25-17-5-7-18(8-6-17)30-14-16-4-3-11-24-13-16/h3-13,15,26H,14H2,1-2H3,(H,25,27). The van der Waals surface area contributed by atoms with E-state index in [0.717, 1.165) is 34.4 Å². The first-order chi connectivity index (χ1) is 14.7. The third-order valence-corrected chi connectivity index (χ3v) is 6.86. The molecule has 0 radical (unpaired) electrons. The van der Waals surface area contributed by atoms with Crippen molar-refractivity contribution in [3.63, 3.8) is 0 Å². The van der Waals surface area contributed by atoms with Crippen molar-refractivity contribution >= 4 is 33.4 Å². The zero-order chi connectivity index (χ0) is 22.4. The van der Waals surface area contributed by atoms with E-state index >= 15 is 0 Å². The molecule has 0 spiro atoms. The lowest BCUT2D eigenvalue weighted by Crippen LogP contribution is -2.30. The van der Waals surface area contributed by atoms with Gasteiger partial charge in [0.05, 0.1) is 10.5 Å². The second-order valence-electron chi connectivity index (χ2n) is 7.05. The van der Waals surface area contributed by atoms with E-state index in [1.807, 2.05) is 24.3 Å². The van der Waals surface area contributed by atoms with Gasteiger partial charge in [0.25, 0.3) is 5.91 Å². The first-order valence-corrected chi connectivity index (χ1v) is 12.0. The number of rotatable bonds is 8. The zero-order valence-corrected chi connectivity index (χ0v) is 18.6. The summed E-state index contributed by atoms with van der Waals surface area (Å²) in [5, 5.41) is 2.61. The van der Waals surface area contributed by atoms with Gasteiger partial charge < -0.3 is 5.32 Å². The maximum Gasteiger partial charge on any atom is 0.258 e. The van der Waals surface area contributed by atoms with Gasteiger partial charge in [-0.15, -0.1) is 11.8 Å². The number of nitrogens with one attached hydrogen (secondary N) is 2. The molecule has 162 valence electrons. The van der Waals surface area contributed by atoms with Gasteiger partial charge in [0.15, 0.2) is 0 Å². The maximum absolute atomic E-state index is 14.2. The van der Waals surface area contributed by atoms with E-state index in [1.165, 1.54) is 0 Å². The Hall–Kier alpha value is -2.75. The zero-order valence-electron chi connectivity index (χ0n) is 17.0. The summed E-state index contributed by atoms with van der Waals surface area (Å²) in [7, 11) is -3.84. The van der Waals surface area contributed by atoms with Crippen LogP contribution in [-0.4, -0.2) is 25.4 Å². The van der Waals surface area contributed by atoms with E-state index in [1.54, 1.807) is 50.1 Å². The summed E-state index contributed by atoms with van der Waals surface area (Å²) < 4.78 is 41.3. The average molecular weight is 460 g/mol. The molecule has 0 aliphatic carbocycles. The number of hydrogen-bond donors (Lipinski definition) is 2. The monoisotopic (exact) mass is 459 g/mol. The molecular formula is C22H22FN3O3S2. The summed E-state index contributed by atoms with van der Waals surface area (Å²) in [6.07, 6.45) is 3.53. The number of halogens is 1. The molecule has 6 nitrogen and oxygen atoms in total. The number of carbonyl (C=O) groups is 1. The predicted octanol–water partition coefficient (Wildman–Crippen LogP) is 4.45. The molecule has 9 heteroatoms. The van der Waals surface area contributed by atoms with E-state index in [0.29, 0.717) is 5.69 Å². The molecular weight excluding hydrogens is 437 g/mol. The van der Waals surface area contributed by atoms with Gasteiger partial charge in [-0.1, -0.05) is 6.07 Å². The fourth-order valence-electron chi connectivity index (χ4n) is 2.71. The van der Waals surface area contributed by atoms with Crippen molar-refractivity contribution in [2.24, 2.45) is 0 Å². The van der Waals surface area contributed by atoms with Crippen molar-refractivity contribution in [2.45, 2.75) is 35.4 Å². The van der Waals surface area contributed by atoms with Crippen LogP contribution >= 0.6 is 11.8 Å². The van der Waals surface area contributed by atoms with Crippen LogP contribution in [-0.2, 0) is 15.8 Å². The highest BCUT2D eigenvalue weighted by Gasteiger charge is 2.20. The Morgan fingerprint density at radius 1 is 1.13 bits per heavy atom. The number of hydrogen-bond acceptors (Lipinski definition) is 5. The molecule has 0 atom stereocenters. The third kappa shape index (κ3) is 6.36. The minimum absolute atomic E-state index is 0.171. The first-order valence-electron chi connectivity index (χ1n) is 9.49. The molecule has 1 amide bonds. The molecule has 0 saturated carbocycles. The quantitative estimate of drug-likeness (QED) is 0.486. The summed E-state index contributed by atoms with van der Waals surface area (Å²) in [4.78, 5) is 17.5. The van der Waals surface area contributed by atoms with Crippen molar-refractivity contribution in [1.82, 2.24) is 9.71 Å². The Labute approximate surface area is 185 Å². The third-order valence-electron chi connectivity index (χ3n) is 4.12. The van der Waals surface area contributed by atoms with Gasteiger partial charge in [-0.2, -0.15) is 0 Å². The van der Waals surface area contributed by atoms with E-state index in [2.05, 4.69) is 15.0 Å². The van der Waals surface area contributed by atoms with E-state index in [9.17, 15) is 17.6 Å². The Balaban J connectivity index is 1.69. The summed E-state index contributed by atoms with van der Waals surface area (Å²) in [6.45, 7) is 3.35. The molecule has 2 N–H and O–H groups in total. The van der Waals surface area contributed by atoms with Crippen LogP contribution in [0.25, 0.3) is 0 Å². The first kappa shape index (κ1) is 22.9. The number of carbonyl (C=O) groups excluding carboxylic acids is 1. The highest BCUT2D eigenvalue weighted by molar-refractivity contribution is 7.98. The summed E-state index contributed by atoms with van der Waals surface area (Å²) in [6, 6.07) is 13.8. The highest BCUT2D eigenvalue weighted by atomic mass is 32.2. The normalized spacial score (nSPS) is 11.5. The van der Waals surface area contributed by atoms with E-state index in [4.69, 9.17) is 0 Å². The molecule has 0 saturated heterocycles. The number of nitrogens with zero attached hydrogens (tertiary/aromatic N) is 1. The molecule has 0 aliphatic rings. The van der Waals surface area contributed by atoms with Gasteiger partial charge >= 0.3 is 0 Å². The summed E-state index contributed by atoms with van der Waals surface area (Å²) in [5.74, 6) is -0.768. The highest BCUT2D eigenvalue weighted by Crippen LogP contribution is 2.24. The van der Waals surface area contributed by atoms with Crippen LogP contribution in [0.2, 0.25) is 0 Å². The van der Waals surface area contributed by atoms with E-state index < -0.39 is 21.7 Å². The Kier molecular flexibility index (Phi) is 7.42. The number of sulfonamides is 1. The number of amides is 1. The number of thioether (sulfide) groups is 1. The minimum atomic E-state index is -3.84. The number of anilines is 1. The number of aromatic nitrogens is 1. The fourth-order valence-corrected chi connectivity index (χ4v) is 4.82. The van der Waals surface area contributed by atoms with Gasteiger partial charge in [-0.3, -0.25) is 9.78 Å². The maximum atomic E-state index is 14.2. The lowest BCUT2D eigenvalue weighted by atomic mass is 10.2. The largest absolute Gasteiger partial charge is 0.322 e. The van der Waals surface area contributed by atoms with Crippen molar-refractivity contribution in [3.8, 4) is 0 Å². The van der Waals surface area contributed by atoms with Crippen molar-refractivity contribution in [3.05, 3.63) is 83.9 Å². The molecule has 1 heterocycles. The summed E-state index contributed by atoms with van der Waals surface area (Å²) >= 11 is 1.62. The summed E-state index contributed by atoms with van der Waals surface area (Å²) in [5.41, 5.74) is 1.23. The Bertz CT molecular complexity index is 1150. The van der Waals surface area contributed by atoms with Crippen molar-refractivity contribution in [2.75, 3.05) is 5.32 Å². The molecule has 31 heavy (non-hydrogen) atoms. The van der Waals surface area contributed by atoms with Crippen LogP contribution in [0, 0.1) is 5.82 Å². The van der Waals surface area contributed by atoms with Crippen LogP contribution in [0.5, 0.6) is 0 Å². The van der Waals surface area contributed by atoms with Crippen LogP contribution in [0.1, 0.15) is 29.8 Å². The van der Waals surface area contributed by atoms with Crippen LogP contribution in [0.15, 0.2) is 76.8 Å². The molecule has 3 rings (SSSR count). The minimum Gasteiger partial charge on any atom is -0.322 e. The smallest absolute Gasteiger partial charge is 0.258 e. The van der Waals surface area contributed by atoms with Crippen molar-refractivity contribution < 1.29 is 17.6 Å². The number of benzene rings is 2. The van der Waals surface area contributed by atoms with Gasteiger partial charge in [0, 0.05) is 34.8 Å². The second kappa shape index (κ2) is 10.0. The van der Waals surface area contributed by atoms with Crippen molar-refractivity contribution in [1.29, 1.82) is 0 Å². The molecule has 1 aromatic heterocycles. The lowest BCUT2D eigenvalue weighted by Gasteiger charge is -2.12. The number of pyridine rings is 1.